The number of hydrogen-bond acceptors (Lipinski definition) is 3. The molecule has 1 aromatic rings. The predicted octanol–water partition coefficient (Wildman–Crippen LogP) is 2.67. The highest BCUT2D eigenvalue weighted by Gasteiger charge is 2.14. The number of nitrogens with zero attached hydrogens (tertiary/aromatic N) is 2. The van der Waals surface area contributed by atoms with E-state index in [9.17, 15) is 9.90 Å². The van der Waals surface area contributed by atoms with Gasteiger partial charge < -0.3 is 20.6 Å². The molecule has 1 atom stereocenters. The van der Waals surface area contributed by atoms with Gasteiger partial charge in [-0.1, -0.05) is 45.0 Å². The van der Waals surface area contributed by atoms with Crippen LogP contribution in [0.4, 0.5) is 0 Å². The molecule has 0 saturated heterocycles. The van der Waals surface area contributed by atoms with E-state index in [1.54, 1.807) is 19.0 Å². The van der Waals surface area contributed by atoms with Gasteiger partial charge in [0.2, 0.25) is 5.91 Å². The van der Waals surface area contributed by atoms with Gasteiger partial charge in [-0.25, -0.2) is 0 Å². The van der Waals surface area contributed by atoms with E-state index in [0.29, 0.717) is 25.5 Å². The van der Waals surface area contributed by atoms with Gasteiger partial charge in [0.05, 0.1) is 12.6 Å². The van der Waals surface area contributed by atoms with Crippen LogP contribution in [-0.4, -0.2) is 55.6 Å². The molecule has 6 nitrogen and oxygen atoms in total. The highest BCUT2D eigenvalue weighted by Crippen LogP contribution is 2.24. The monoisotopic (exact) mass is 490 g/mol. The average molecular weight is 490 g/mol. The second-order valence-corrected chi connectivity index (χ2v) is 7.57. The van der Waals surface area contributed by atoms with Crippen molar-refractivity contribution in [3.05, 3.63) is 35.4 Å². The van der Waals surface area contributed by atoms with Crippen LogP contribution in [0.15, 0.2) is 29.3 Å². The summed E-state index contributed by atoms with van der Waals surface area (Å²) >= 11 is 0. The Morgan fingerprint density at radius 3 is 2.26 bits per heavy atom. The van der Waals surface area contributed by atoms with Crippen molar-refractivity contribution < 1.29 is 9.90 Å². The van der Waals surface area contributed by atoms with Crippen LogP contribution in [0.1, 0.15) is 51.3 Å². The summed E-state index contributed by atoms with van der Waals surface area (Å²) in [6.45, 7) is 9.94. The van der Waals surface area contributed by atoms with Crippen LogP contribution in [0.5, 0.6) is 0 Å². The highest BCUT2D eigenvalue weighted by molar-refractivity contribution is 14.0. The zero-order chi connectivity index (χ0) is 19.7. The fraction of sp³-hybridized carbons (Fsp3) is 0.600. The average Bonchev–Trinajstić information content (AvgIpc) is 2.58. The van der Waals surface area contributed by atoms with Crippen molar-refractivity contribution in [3.63, 3.8) is 0 Å². The predicted molar refractivity (Wildman–Crippen MR) is 123 cm³/mol. The molecule has 154 valence electrons. The van der Waals surface area contributed by atoms with E-state index in [1.165, 1.54) is 5.56 Å². The topological polar surface area (TPSA) is 77.0 Å². The number of aliphatic hydroxyl groups excluding tert-OH is 1. The number of nitrogens with one attached hydrogen (secondary N) is 2. The molecular weight excluding hydrogens is 455 g/mol. The number of amides is 1. The first-order chi connectivity index (χ1) is 12.1. The van der Waals surface area contributed by atoms with Crippen molar-refractivity contribution in [1.82, 2.24) is 15.5 Å². The number of carbonyl (C=O) groups excluding carboxylic acids is 1. The molecule has 27 heavy (non-hydrogen) atoms. The first-order valence-electron chi connectivity index (χ1n) is 9.16. The van der Waals surface area contributed by atoms with Gasteiger partial charge in [0.1, 0.15) is 0 Å². The van der Waals surface area contributed by atoms with E-state index < -0.39 is 6.10 Å². The standard InChI is InChI=1S/C20H34N4O2.HI/c1-7-21-19(22-13-12-18(26)24(5)6)23-14-17(25)15-8-10-16(11-9-15)20(2,3)4;/h8-11,17,25H,7,12-14H2,1-6H3,(H2,21,22,23);1H. The number of rotatable bonds is 7. The lowest BCUT2D eigenvalue weighted by molar-refractivity contribution is -0.128. The van der Waals surface area contributed by atoms with E-state index in [0.717, 1.165) is 5.56 Å². The summed E-state index contributed by atoms with van der Waals surface area (Å²) in [5, 5.41) is 16.6. The number of aliphatic imine (C=N–C) groups is 1. The quantitative estimate of drug-likeness (QED) is 0.312. The zero-order valence-electron chi connectivity index (χ0n) is 17.4. The maximum Gasteiger partial charge on any atom is 0.223 e. The Morgan fingerprint density at radius 2 is 1.78 bits per heavy atom. The summed E-state index contributed by atoms with van der Waals surface area (Å²) < 4.78 is 0. The number of guanidine groups is 1. The molecule has 1 aromatic carbocycles. The van der Waals surface area contributed by atoms with Crippen molar-refractivity contribution >= 4 is 35.8 Å². The van der Waals surface area contributed by atoms with E-state index >= 15 is 0 Å². The lowest BCUT2D eigenvalue weighted by atomic mass is 9.86. The Kier molecular flexibility index (Phi) is 11.6. The van der Waals surface area contributed by atoms with Crippen LogP contribution in [0.2, 0.25) is 0 Å². The van der Waals surface area contributed by atoms with Crippen molar-refractivity contribution in [3.8, 4) is 0 Å². The summed E-state index contributed by atoms with van der Waals surface area (Å²) in [7, 11) is 3.48. The van der Waals surface area contributed by atoms with Crippen LogP contribution in [0, 0.1) is 0 Å². The second kappa shape index (κ2) is 12.2. The highest BCUT2D eigenvalue weighted by atomic mass is 127. The lowest BCUT2D eigenvalue weighted by Crippen LogP contribution is -2.39. The molecule has 1 amide bonds. The lowest BCUT2D eigenvalue weighted by Gasteiger charge is -2.20. The van der Waals surface area contributed by atoms with E-state index in [1.807, 2.05) is 19.1 Å². The number of hydrogen-bond donors (Lipinski definition) is 3. The van der Waals surface area contributed by atoms with Crippen LogP contribution in [0.3, 0.4) is 0 Å². The molecule has 0 heterocycles. The van der Waals surface area contributed by atoms with Gasteiger partial charge in [0.25, 0.3) is 0 Å². The Labute approximate surface area is 180 Å². The Balaban J connectivity index is 0.00000676. The van der Waals surface area contributed by atoms with Gasteiger partial charge in [-0.3, -0.25) is 9.79 Å². The van der Waals surface area contributed by atoms with E-state index in [2.05, 4.69) is 48.5 Å². The number of aliphatic hydroxyl groups is 1. The minimum atomic E-state index is -0.664. The number of halogens is 1. The van der Waals surface area contributed by atoms with Gasteiger partial charge in [0.15, 0.2) is 5.96 Å². The Morgan fingerprint density at radius 1 is 1.19 bits per heavy atom. The molecule has 0 aromatic heterocycles. The molecule has 7 heteroatoms. The Bertz CT molecular complexity index is 595. The molecule has 0 aliphatic rings. The van der Waals surface area contributed by atoms with Crippen molar-refractivity contribution in [2.75, 3.05) is 33.7 Å². The first-order valence-corrected chi connectivity index (χ1v) is 9.16. The fourth-order valence-corrected chi connectivity index (χ4v) is 2.34. The largest absolute Gasteiger partial charge is 0.386 e. The van der Waals surface area contributed by atoms with Crippen LogP contribution in [0.25, 0.3) is 0 Å². The molecule has 0 bridgehead atoms. The van der Waals surface area contributed by atoms with Crippen molar-refractivity contribution in [2.24, 2.45) is 4.99 Å². The van der Waals surface area contributed by atoms with Gasteiger partial charge >= 0.3 is 0 Å². The summed E-state index contributed by atoms with van der Waals surface area (Å²) in [6.07, 6.45) is -0.267. The molecule has 1 rings (SSSR count). The number of carbonyl (C=O) groups is 1. The van der Waals surface area contributed by atoms with Gasteiger partial charge in [-0.15, -0.1) is 24.0 Å². The normalized spacial score (nSPS) is 12.8. The third-order valence-electron chi connectivity index (χ3n) is 4.06. The smallest absolute Gasteiger partial charge is 0.223 e. The third kappa shape index (κ3) is 9.41. The van der Waals surface area contributed by atoms with E-state index in [4.69, 9.17) is 0 Å². The summed E-state index contributed by atoms with van der Waals surface area (Å²) in [6, 6.07) is 8.02. The number of benzene rings is 1. The zero-order valence-corrected chi connectivity index (χ0v) is 19.7. The summed E-state index contributed by atoms with van der Waals surface area (Å²) in [5.74, 6) is 0.664. The minimum Gasteiger partial charge on any atom is -0.386 e. The van der Waals surface area contributed by atoms with Crippen LogP contribution < -0.4 is 10.6 Å². The third-order valence-corrected chi connectivity index (χ3v) is 4.06. The maximum absolute atomic E-state index is 11.6. The molecule has 3 N–H and O–H groups in total. The Hall–Kier alpha value is -1.35. The van der Waals surface area contributed by atoms with Gasteiger partial charge in [-0.05, 0) is 23.5 Å². The second-order valence-electron chi connectivity index (χ2n) is 7.57. The maximum atomic E-state index is 11.6. The van der Waals surface area contributed by atoms with Gasteiger partial charge in [-0.2, -0.15) is 0 Å². The SMILES string of the molecule is CCNC(=NCC(O)c1ccc(C(C)(C)C)cc1)NCCC(=O)N(C)C.I. The molecular formula is C20H35IN4O2. The minimum absolute atomic E-state index is 0. The molecule has 1 unspecified atom stereocenters. The van der Waals surface area contributed by atoms with Crippen molar-refractivity contribution in [1.29, 1.82) is 0 Å². The molecule has 0 aliphatic heterocycles. The van der Waals surface area contributed by atoms with Gasteiger partial charge in [0, 0.05) is 33.6 Å². The fourth-order valence-electron chi connectivity index (χ4n) is 2.34. The van der Waals surface area contributed by atoms with Crippen LogP contribution in [-0.2, 0) is 10.2 Å². The molecule has 0 fully saturated rings. The van der Waals surface area contributed by atoms with Crippen molar-refractivity contribution in [2.45, 2.75) is 45.6 Å². The first kappa shape index (κ1) is 25.6. The molecule has 0 radical (unpaired) electrons. The summed E-state index contributed by atoms with van der Waals surface area (Å²) in [4.78, 5) is 17.6. The molecule has 0 spiro atoms. The summed E-state index contributed by atoms with van der Waals surface area (Å²) in [5.41, 5.74) is 2.17. The molecule has 0 aliphatic carbocycles. The van der Waals surface area contributed by atoms with Crippen LogP contribution >= 0.6 is 24.0 Å². The molecule has 0 saturated carbocycles. The van der Waals surface area contributed by atoms with E-state index in [-0.39, 0.29) is 41.8 Å².